The molecule has 0 radical (unpaired) electrons. The van der Waals surface area contributed by atoms with Crippen molar-refractivity contribution in [1.29, 1.82) is 0 Å². The normalized spacial score (nSPS) is 20.9. The van der Waals surface area contributed by atoms with Crippen molar-refractivity contribution in [1.82, 2.24) is 4.72 Å². The Morgan fingerprint density at radius 1 is 1.32 bits per heavy atom. The lowest BCUT2D eigenvalue weighted by atomic mass is 9.91. The van der Waals surface area contributed by atoms with Gasteiger partial charge in [-0.25, -0.2) is 13.1 Å². The van der Waals surface area contributed by atoms with Gasteiger partial charge >= 0.3 is 0 Å². The van der Waals surface area contributed by atoms with Crippen molar-refractivity contribution in [3.05, 3.63) is 0 Å². The smallest absolute Gasteiger partial charge is 0.235 e. The highest BCUT2D eigenvalue weighted by atomic mass is 32.2. The topological polar surface area (TPSA) is 89.3 Å². The Kier molecular flexibility index (Phi) is 6.26. The lowest BCUT2D eigenvalue weighted by molar-refractivity contribution is -0.120. The number of carbonyl (C=O) groups excluding carboxylic acids is 1. The van der Waals surface area contributed by atoms with Crippen LogP contribution in [0.3, 0.4) is 0 Å². The minimum Gasteiger partial charge on any atom is -0.368 e. The van der Waals surface area contributed by atoms with Gasteiger partial charge < -0.3 is 5.73 Å². The molecule has 19 heavy (non-hydrogen) atoms. The molecule has 3 N–H and O–H groups in total. The average Bonchev–Trinajstić information content (AvgIpc) is 2.35. The molecule has 0 aromatic heterocycles. The Labute approximate surface area is 116 Å². The number of hydrogen-bond acceptors (Lipinski definition) is 3. The highest BCUT2D eigenvalue weighted by Crippen LogP contribution is 2.24. The second kappa shape index (κ2) is 7.24. The Bertz CT molecular complexity index is 389. The molecule has 0 aromatic carbocycles. The minimum absolute atomic E-state index is 0.0846. The van der Waals surface area contributed by atoms with Crippen LogP contribution in [0.1, 0.15) is 52.4 Å². The largest absolute Gasteiger partial charge is 0.368 e. The number of hydrogen-bond donors (Lipinski definition) is 2. The summed E-state index contributed by atoms with van der Waals surface area (Å²) in [5, 5.41) is 0. The van der Waals surface area contributed by atoms with Gasteiger partial charge in [0, 0.05) is 0 Å². The van der Waals surface area contributed by atoms with Gasteiger partial charge in [0.2, 0.25) is 15.9 Å². The second-order valence-corrected chi connectivity index (χ2v) is 7.47. The maximum absolute atomic E-state index is 12.1. The SMILES string of the molecule is CC[C@@H](C)[C@@H](NS(=O)(=O)CC1CCCCC1)C(N)=O. The lowest BCUT2D eigenvalue weighted by Gasteiger charge is -2.25. The fourth-order valence-corrected chi connectivity index (χ4v) is 4.38. The molecule has 112 valence electrons. The fourth-order valence-electron chi connectivity index (χ4n) is 2.60. The molecule has 5 nitrogen and oxygen atoms in total. The molecule has 1 rings (SSSR count). The zero-order valence-corrected chi connectivity index (χ0v) is 12.7. The highest BCUT2D eigenvalue weighted by molar-refractivity contribution is 7.89. The number of primary amides is 1. The Morgan fingerprint density at radius 3 is 2.37 bits per heavy atom. The molecule has 6 heteroatoms. The molecule has 0 bridgehead atoms. The molecule has 0 aliphatic heterocycles. The summed E-state index contributed by atoms with van der Waals surface area (Å²) in [5.74, 6) is -0.343. The summed E-state index contributed by atoms with van der Waals surface area (Å²) < 4.78 is 26.7. The van der Waals surface area contributed by atoms with Gasteiger partial charge in [-0.05, 0) is 24.7 Å². The number of rotatable bonds is 7. The van der Waals surface area contributed by atoms with E-state index in [0.29, 0.717) is 6.42 Å². The van der Waals surface area contributed by atoms with Gasteiger partial charge in [0.25, 0.3) is 0 Å². The maximum atomic E-state index is 12.1. The molecular weight excluding hydrogens is 264 g/mol. The van der Waals surface area contributed by atoms with Gasteiger partial charge in [0.15, 0.2) is 0 Å². The van der Waals surface area contributed by atoms with Crippen molar-refractivity contribution in [2.45, 2.75) is 58.4 Å². The zero-order valence-electron chi connectivity index (χ0n) is 11.9. The van der Waals surface area contributed by atoms with Crippen LogP contribution in [0, 0.1) is 11.8 Å². The number of nitrogens with one attached hydrogen (secondary N) is 1. The van der Waals surface area contributed by atoms with Crippen molar-refractivity contribution < 1.29 is 13.2 Å². The van der Waals surface area contributed by atoms with Crippen molar-refractivity contribution in [2.24, 2.45) is 17.6 Å². The summed E-state index contributed by atoms with van der Waals surface area (Å²) in [6.07, 6.45) is 6.03. The molecule has 0 aromatic rings. The van der Waals surface area contributed by atoms with Gasteiger partial charge in [-0.15, -0.1) is 0 Å². The van der Waals surface area contributed by atoms with Crippen molar-refractivity contribution in [2.75, 3.05) is 5.75 Å². The monoisotopic (exact) mass is 290 g/mol. The van der Waals surface area contributed by atoms with Gasteiger partial charge in [-0.2, -0.15) is 0 Å². The van der Waals surface area contributed by atoms with E-state index in [9.17, 15) is 13.2 Å². The summed E-state index contributed by atoms with van der Waals surface area (Å²) in [7, 11) is -3.43. The van der Waals surface area contributed by atoms with E-state index in [1.807, 2.05) is 13.8 Å². The number of carbonyl (C=O) groups is 1. The third kappa shape index (κ3) is 5.48. The first-order valence-electron chi connectivity index (χ1n) is 7.15. The Hall–Kier alpha value is -0.620. The maximum Gasteiger partial charge on any atom is 0.235 e. The van der Waals surface area contributed by atoms with E-state index in [0.717, 1.165) is 25.7 Å². The number of nitrogens with two attached hydrogens (primary N) is 1. The second-order valence-electron chi connectivity index (χ2n) is 5.67. The number of sulfonamides is 1. The summed E-state index contributed by atoms with van der Waals surface area (Å²) in [4.78, 5) is 11.4. The van der Waals surface area contributed by atoms with Crippen LogP contribution in [0.4, 0.5) is 0 Å². The van der Waals surface area contributed by atoms with Gasteiger partial charge in [0.05, 0.1) is 5.75 Å². The van der Waals surface area contributed by atoms with Crippen molar-refractivity contribution in [3.63, 3.8) is 0 Å². The van der Waals surface area contributed by atoms with Crippen LogP contribution in [0.15, 0.2) is 0 Å². The molecule has 0 heterocycles. The quantitative estimate of drug-likeness (QED) is 0.742. The van der Waals surface area contributed by atoms with Crippen LogP contribution in [0.5, 0.6) is 0 Å². The van der Waals surface area contributed by atoms with Crippen molar-refractivity contribution >= 4 is 15.9 Å². The van der Waals surface area contributed by atoms with Crippen LogP contribution >= 0.6 is 0 Å². The van der Waals surface area contributed by atoms with Gasteiger partial charge in [0.1, 0.15) is 6.04 Å². The highest BCUT2D eigenvalue weighted by Gasteiger charge is 2.29. The van der Waals surface area contributed by atoms with E-state index in [-0.39, 0.29) is 17.6 Å². The molecule has 0 saturated heterocycles. The van der Waals surface area contributed by atoms with E-state index in [2.05, 4.69) is 4.72 Å². The molecule has 1 fully saturated rings. The van der Waals surface area contributed by atoms with Gasteiger partial charge in [-0.1, -0.05) is 39.5 Å². The first kappa shape index (κ1) is 16.4. The van der Waals surface area contributed by atoms with Crippen molar-refractivity contribution in [3.8, 4) is 0 Å². The summed E-state index contributed by atoms with van der Waals surface area (Å²) in [5.41, 5.74) is 5.29. The fraction of sp³-hybridized carbons (Fsp3) is 0.923. The Morgan fingerprint density at radius 2 is 1.89 bits per heavy atom. The van der Waals surface area contributed by atoms with E-state index in [1.165, 1.54) is 6.42 Å². The van der Waals surface area contributed by atoms with Gasteiger partial charge in [-0.3, -0.25) is 4.79 Å². The van der Waals surface area contributed by atoms with E-state index < -0.39 is 22.0 Å². The number of amides is 1. The molecular formula is C13H26N2O3S. The molecule has 1 saturated carbocycles. The average molecular weight is 290 g/mol. The zero-order chi connectivity index (χ0) is 14.5. The van der Waals surface area contributed by atoms with Crippen LogP contribution in [0.2, 0.25) is 0 Å². The molecule has 0 unspecified atom stereocenters. The lowest BCUT2D eigenvalue weighted by Crippen LogP contribution is -2.49. The standard InChI is InChI=1S/C13H26N2O3S/c1-3-10(2)12(13(14)16)15-19(17,18)9-11-7-5-4-6-8-11/h10-12,15H,3-9H2,1-2H3,(H2,14,16)/t10-,12-/m1/s1. The first-order chi connectivity index (χ1) is 8.85. The third-order valence-electron chi connectivity index (χ3n) is 4.01. The third-order valence-corrected chi connectivity index (χ3v) is 5.53. The molecule has 2 atom stereocenters. The van der Waals surface area contributed by atoms with Crippen LogP contribution in [-0.4, -0.2) is 26.1 Å². The van der Waals surface area contributed by atoms with Crippen LogP contribution in [0.25, 0.3) is 0 Å². The molecule has 1 aliphatic carbocycles. The summed E-state index contributed by atoms with van der Waals surface area (Å²) in [6.45, 7) is 3.74. The predicted octanol–water partition coefficient (Wildman–Crippen LogP) is 1.39. The van der Waals surface area contributed by atoms with E-state index in [4.69, 9.17) is 5.73 Å². The molecule has 0 spiro atoms. The Balaban J connectivity index is 2.62. The van der Waals surface area contributed by atoms with Crippen LogP contribution < -0.4 is 10.5 Å². The van der Waals surface area contributed by atoms with E-state index >= 15 is 0 Å². The first-order valence-corrected chi connectivity index (χ1v) is 8.80. The minimum atomic E-state index is -3.43. The van der Waals surface area contributed by atoms with Crippen LogP contribution in [-0.2, 0) is 14.8 Å². The molecule has 1 amide bonds. The molecule has 1 aliphatic rings. The summed E-state index contributed by atoms with van der Waals surface area (Å²) >= 11 is 0. The summed E-state index contributed by atoms with van der Waals surface area (Å²) in [6, 6.07) is -0.793. The predicted molar refractivity (Wildman–Crippen MR) is 75.9 cm³/mol. The van der Waals surface area contributed by atoms with E-state index in [1.54, 1.807) is 0 Å².